The second kappa shape index (κ2) is 4.54. The highest BCUT2D eigenvalue weighted by Crippen LogP contribution is 1.95. The molecule has 15 heavy (non-hydrogen) atoms. The maximum atomic E-state index is 11.4. The zero-order valence-corrected chi connectivity index (χ0v) is 8.44. The minimum absolute atomic E-state index is 0.0489. The quantitative estimate of drug-likeness (QED) is 0.635. The van der Waals surface area contributed by atoms with Crippen molar-refractivity contribution in [3.8, 4) is 0 Å². The Morgan fingerprint density at radius 3 is 2.67 bits per heavy atom. The first-order chi connectivity index (χ1) is 7.04. The number of nitrogens with one attached hydrogen (secondary N) is 2. The van der Waals surface area contributed by atoms with Crippen molar-refractivity contribution in [2.75, 3.05) is 0 Å². The fourth-order valence-corrected chi connectivity index (χ4v) is 1.01. The SMILES string of the molecule is CCC(NC(=O)c1n[nH]c(C)n1)C(=O)O. The highest BCUT2D eigenvalue weighted by molar-refractivity contribution is 5.93. The molecule has 0 saturated carbocycles. The van der Waals surface area contributed by atoms with E-state index >= 15 is 0 Å². The number of carbonyl (C=O) groups excluding carboxylic acids is 1. The van der Waals surface area contributed by atoms with Crippen LogP contribution >= 0.6 is 0 Å². The van der Waals surface area contributed by atoms with E-state index in [9.17, 15) is 9.59 Å². The zero-order chi connectivity index (χ0) is 11.4. The Kier molecular flexibility index (Phi) is 3.37. The molecular weight excluding hydrogens is 200 g/mol. The molecule has 0 aliphatic heterocycles. The Morgan fingerprint density at radius 1 is 1.60 bits per heavy atom. The molecule has 0 radical (unpaired) electrons. The van der Waals surface area contributed by atoms with Crippen molar-refractivity contribution >= 4 is 11.9 Å². The van der Waals surface area contributed by atoms with E-state index < -0.39 is 17.9 Å². The lowest BCUT2D eigenvalue weighted by atomic mass is 10.2. The normalized spacial score (nSPS) is 12.1. The van der Waals surface area contributed by atoms with Gasteiger partial charge in [-0.15, -0.1) is 5.10 Å². The van der Waals surface area contributed by atoms with Gasteiger partial charge in [0, 0.05) is 0 Å². The number of aromatic nitrogens is 3. The van der Waals surface area contributed by atoms with Crippen LogP contribution in [0.25, 0.3) is 0 Å². The summed E-state index contributed by atoms with van der Waals surface area (Å²) in [6.07, 6.45) is 0.310. The van der Waals surface area contributed by atoms with E-state index in [0.29, 0.717) is 12.2 Å². The molecule has 3 N–H and O–H groups in total. The van der Waals surface area contributed by atoms with E-state index in [4.69, 9.17) is 5.11 Å². The average molecular weight is 212 g/mol. The summed E-state index contributed by atoms with van der Waals surface area (Å²) < 4.78 is 0. The van der Waals surface area contributed by atoms with Gasteiger partial charge in [0.25, 0.3) is 5.91 Å². The maximum absolute atomic E-state index is 11.4. The summed E-state index contributed by atoms with van der Waals surface area (Å²) >= 11 is 0. The predicted octanol–water partition coefficient (Wildman–Crippen LogP) is -0.294. The van der Waals surface area contributed by atoms with Crippen molar-refractivity contribution < 1.29 is 14.7 Å². The van der Waals surface area contributed by atoms with E-state index in [1.54, 1.807) is 13.8 Å². The fraction of sp³-hybridized carbons (Fsp3) is 0.500. The van der Waals surface area contributed by atoms with Gasteiger partial charge in [-0.1, -0.05) is 6.92 Å². The summed E-state index contributed by atoms with van der Waals surface area (Å²) in [5.41, 5.74) is 0. The number of carboxylic acid groups (broad SMARTS) is 1. The van der Waals surface area contributed by atoms with E-state index in [2.05, 4.69) is 20.5 Å². The van der Waals surface area contributed by atoms with Crippen LogP contribution < -0.4 is 5.32 Å². The topological polar surface area (TPSA) is 108 Å². The molecule has 1 heterocycles. The van der Waals surface area contributed by atoms with Crippen LogP contribution in [-0.4, -0.2) is 38.2 Å². The Morgan fingerprint density at radius 2 is 2.27 bits per heavy atom. The molecule has 0 saturated heterocycles. The van der Waals surface area contributed by atoms with Gasteiger partial charge in [-0.05, 0) is 13.3 Å². The van der Waals surface area contributed by atoms with E-state index in [-0.39, 0.29) is 5.82 Å². The first kappa shape index (κ1) is 11.2. The van der Waals surface area contributed by atoms with Crippen molar-refractivity contribution in [1.82, 2.24) is 20.5 Å². The number of hydrogen-bond donors (Lipinski definition) is 3. The molecule has 1 amide bonds. The maximum Gasteiger partial charge on any atom is 0.326 e. The molecular formula is C8H12N4O3. The third kappa shape index (κ3) is 2.76. The number of aromatic amines is 1. The van der Waals surface area contributed by atoms with Crippen molar-refractivity contribution in [1.29, 1.82) is 0 Å². The van der Waals surface area contributed by atoms with Crippen molar-refractivity contribution in [2.24, 2.45) is 0 Å². The average Bonchev–Trinajstić information content (AvgIpc) is 2.60. The number of nitrogens with zero attached hydrogens (tertiary/aromatic N) is 2. The van der Waals surface area contributed by atoms with Gasteiger partial charge >= 0.3 is 5.97 Å². The number of H-pyrrole nitrogens is 1. The lowest BCUT2D eigenvalue weighted by Gasteiger charge is -2.09. The van der Waals surface area contributed by atoms with Crippen LogP contribution in [0.4, 0.5) is 0 Å². The summed E-state index contributed by atoms with van der Waals surface area (Å²) in [5, 5.41) is 17.1. The Labute approximate surface area is 85.9 Å². The highest BCUT2D eigenvalue weighted by atomic mass is 16.4. The van der Waals surface area contributed by atoms with Crippen LogP contribution in [0.3, 0.4) is 0 Å². The number of carbonyl (C=O) groups is 2. The number of amides is 1. The molecule has 1 aromatic heterocycles. The Hall–Kier alpha value is -1.92. The van der Waals surface area contributed by atoms with E-state index in [1.165, 1.54) is 0 Å². The lowest BCUT2D eigenvalue weighted by Crippen LogP contribution is -2.40. The predicted molar refractivity (Wildman–Crippen MR) is 50.3 cm³/mol. The molecule has 1 aromatic rings. The minimum atomic E-state index is -1.07. The van der Waals surface area contributed by atoms with Crippen LogP contribution in [0.5, 0.6) is 0 Å². The summed E-state index contributed by atoms with van der Waals surface area (Å²) in [7, 11) is 0. The minimum Gasteiger partial charge on any atom is -0.480 e. The van der Waals surface area contributed by atoms with Crippen LogP contribution in [0.1, 0.15) is 29.8 Å². The number of aliphatic carboxylic acids is 1. The number of hydrogen-bond acceptors (Lipinski definition) is 4. The third-order valence-corrected chi connectivity index (χ3v) is 1.81. The van der Waals surface area contributed by atoms with Gasteiger partial charge in [0.1, 0.15) is 11.9 Å². The van der Waals surface area contributed by atoms with Crippen LogP contribution in [-0.2, 0) is 4.79 Å². The van der Waals surface area contributed by atoms with Gasteiger partial charge in [0.2, 0.25) is 5.82 Å². The summed E-state index contributed by atoms with van der Waals surface area (Å²) in [6.45, 7) is 3.32. The van der Waals surface area contributed by atoms with Crippen molar-refractivity contribution in [3.05, 3.63) is 11.6 Å². The van der Waals surface area contributed by atoms with Crippen molar-refractivity contribution in [2.45, 2.75) is 26.3 Å². The second-order valence-corrected chi connectivity index (χ2v) is 3.02. The number of rotatable bonds is 4. The second-order valence-electron chi connectivity index (χ2n) is 3.02. The molecule has 1 unspecified atom stereocenters. The molecule has 0 aromatic carbocycles. The van der Waals surface area contributed by atoms with Gasteiger partial charge in [0.05, 0.1) is 0 Å². The molecule has 0 fully saturated rings. The summed E-state index contributed by atoms with van der Waals surface area (Å²) in [5.74, 6) is -1.21. The standard InChI is InChI=1S/C8H12N4O3/c1-3-5(8(14)15)10-7(13)6-9-4(2)11-12-6/h5H,3H2,1-2H3,(H,10,13)(H,14,15)(H,9,11,12). The third-order valence-electron chi connectivity index (χ3n) is 1.81. The van der Waals surface area contributed by atoms with Crippen LogP contribution in [0.15, 0.2) is 0 Å². The monoisotopic (exact) mass is 212 g/mol. The van der Waals surface area contributed by atoms with Crippen LogP contribution in [0.2, 0.25) is 0 Å². The highest BCUT2D eigenvalue weighted by Gasteiger charge is 2.20. The molecule has 0 aliphatic rings. The van der Waals surface area contributed by atoms with Crippen LogP contribution in [0, 0.1) is 6.92 Å². The smallest absolute Gasteiger partial charge is 0.326 e. The Bertz CT molecular complexity index is 374. The largest absolute Gasteiger partial charge is 0.480 e. The summed E-state index contributed by atoms with van der Waals surface area (Å²) in [6, 6.07) is -0.906. The van der Waals surface area contributed by atoms with E-state index in [1.807, 2.05) is 0 Å². The summed E-state index contributed by atoms with van der Waals surface area (Å²) in [4.78, 5) is 25.8. The number of carboxylic acids is 1. The zero-order valence-electron chi connectivity index (χ0n) is 8.44. The molecule has 82 valence electrons. The van der Waals surface area contributed by atoms with Gasteiger partial charge in [-0.2, -0.15) is 0 Å². The molecule has 0 spiro atoms. The van der Waals surface area contributed by atoms with Gasteiger partial charge < -0.3 is 10.4 Å². The number of aryl methyl sites for hydroxylation is 1. The molecule has 0 bridgehead atoms. The van der Waals surface area contributed by atoms with E-state index in [0.717, 1.165) is 0 Å². The lowest BCUT2D eigenvalue weighted by molar-refractivity contribution is -0.139. The molecule has 1 rings (SSSR count). The molecule has 7 nitrogen and oxygen atoms in total. The molecule has 0 aliphatic carbocycles. The van der Waals surface area contributed by atoms with Gasteiger partial charge in [-0.25, -0.2) is 9.78 Å². The van der Waals surface area contributed by atoms with Gasteiger partial charge in [0.15, 0.2) is 0 Å². The Balaban J connectivity index is 2.66. The fourth-order valence-electron chi connectivity index (χ4n) is 1.01. The first-order valence-corrected chi connectivity index (χ1v) is 4.47. The van der Waals surface area contributed by atoms with Gasteiger partial charge in [-0.3, -0.25) is 9.89 Å². The van der Waals surface area contributed by atoms with Crippen molar-refractivity contribution in [3.63, 3.8) is 0 Å². The molecule has 7 heteroatoms. The first-order valence-electron chi connectivity index (χ1n) is 4.47. The molecule has 1 atom stereocenters.